The Kier molecular flexibility index (Phi) is 10.2. The van der Waals surface area contributed by atoms with E-state index in [4.69, 9.17) is 10.8 Å². The molecule has 4 atom stereocenters. The summed E-state index contributed by atoms with van der Waals surface area (Å²) in [6, 6.07) is -3.23. The Balaban J connectivity index is 4.89. The Morgan fingerprint density at radius 3 is 2.27 bits per heavy atom. The first-order valence-electron chi connectivity index (χ1n) is 6.61. The van der Waals surface area contributed by atoms with Crippen LogP contribution < -0.4 is 16.4 Å². The Morgan fingerprint density at radius 1 is 1.27 bits per heavy atom. The first kappa shape index (κ1) is 21.0. The number of thioether (sulfide) groups is 1. The maximum absolute atomic E-state index is 12.1. The third-order valence-electron chi connectivity index (χ3n) is 2.82. The van der Waals surface area contributed by atoms with Crippen LogP contribution in [0.4, 0.5) is 0 Å². The zero-order valence-corrected chi connectivity index (χ0v) is 14.2. The largest absolute Gasteiger partial charge is 0.480 e. The number of carboxylic acid groups (broad SMARTS) is 1. The fourth-order valence-corrected chi connectivity index (χ4v) is 2.15. The van der Waals surface area contributed by atoms with Crippen LogP contribution in [-0.4, -0.2) is 70.0 Å². The van der Waals surface area contributed by atoms with E-state index >= 15 is 0 Å². The van der Waals surface area contributed by atoms with Crippen LogP contribution in [0.5, 0.6) is 0 Å². The first-order valence-corrected chi connectivity index (χ1v) is 8.64. The third-order valence-corrected chi connectivity index (χ3v) is 3.86. The molecule has 0 aromatic carbocycles. The van der Waals surface area contributed by atoms with E-state index < -0.39 is 42.0 Å². The van der Waals surface area contributed by atoms with Crippen LogP contribution in [0, 0.1) is 0 Å². The van der Waals surface area contributed by atoms with Crippen molar-refractivity contribution in [1.29, 1.82) is 0 Å². The molecule has 0 heterocycles. The van der Waals surface area contributed by atoms with Gasteiger partial charge in [0, 0.05) is 5.75 Å². The zero-order chi connectivity index (χ0) is 17.3. The number of aliphatic hydroxyl groups excluding tert-OH is 1. The van der Waals surface area contributed by atoms with Crippen LogP contribution >= 0.6 is 24.4 Å². The van der Waals surface area contributed by atoms with Gasteiger partial charge >= 0.3 is 5.97 Å². The predicted octanol–water partition coefficient (Wildman–Crippen LogP) is -1.57. The molecule has 0 spiro atoms. The molecule has 0 saturated heterocycles. The SMILES string of the molecule is CSCC[C@H](NC(=O)[C@@H](N)CS)C(=O)N[C@H](C(=O)O)[C@@H](C)O. The second-order valence-corrected chi connectivity index (χ2v) is 6.05. The summed E-state index contributed by atoms with van der Waals surface area (Å²) in [5.74, 6) is -1.87. The van der Waals surface area contributed by atoms with Gasteiger partial charge in [-0.3, -0.25) is 9.59 Å². The molecule has 10 heteroatoms. The van der Waals surface area contributed by atoms with Gasteiger partial charge in [0.2, 0.25) is 11.8 Å². The summed E-state index contributed by atoms with van der Waals surface area (Å²) in [6.07, 6.45) is 0.883. The van der Waals surface area contributed by atoms with E-state index in [2.05, 4.69) is 23.3 Å². The summed E-state index contributed by atoms with van der Waals surface area (Å²) in [7, 11) is 0. The molecule has 22 heavy (non-hydrogen) atoms. The number of hydrogen-bond acceptors (Lipinski definition) is 7. The van der Waals surface area contributed by atoms with Crippen molar-refractivity contribution in [2.75, 3.05) is 17.8 Å². The van der Waals surface area contributed by atoms with Crippen molar-refractivity contribution in [2.24, 2.45) is 5.73 Å². The minimum absolute atomic E-state index is 0.119. The number of carbonyl (C=O) groups excluding carboxylic acids is 2. The van der Waals surface area contributed by atoms with E-state index in [1.807, 2.05) is 6.26 Å². The predicted molar refractivity (Wildman–Crippen MR) is 88.0 cm³/mol. The molecular formula is C12H23N3O5S2. The summed E-state index contributed by atoms with van der Waals surface area (Å²) in [5, 5.41) is 23.0. The molecule has 0 aliphatic rings. The number of nitrogens with one attached hydrogen (secondary N) is 2. The number of aliphatic hydroxyl groups is 1. The molecule has 0 saturated carbocycles. The highest BCUT2D eigenvalue weighted by Gasteiger charge is 2.29. The Morgan fingerprint density at radius 2 is 1.86 bits per heavy atom. The van der Waals surface area contributed by atoms with Crippen molar-refractivity contribution in [3.05, 3.63) is 0 Å². The highest BCUT2D eigenvalue weighted by molar-refractivity contribution is 7.98. The second kappa shape index (κ2) is 10.7. The highest BCUT2D eigenvalue weighted by atomic mass is 32.2. The molecule has 128 valence electrons. The van der Waals surface area contributed by atoms with Crippen molar-refractivity contribution < 1.29 is 24.6 Å². The van der Waals surface area contributed by atoms with Crippen LogP contribution in [0.1, 0.15) is 13.3 Å². The van der Waals surface area contributed by atoms with Crippen LogP contribution in [0.15, 0.2) is 0 Å². The van der Waals surface area contributed by atoms with Gasteiger partial charge in [-0.15, -0.1) is 0 Å². The molecule has 0 fully saturated rings. The number of hydrogen-bond donors (Lipinski definition) is 6. The summed E-state index contributed by atoms with van der Waals surface area (Å²) >= 11 is 5.38. The molecule has 0 aromatic rings. The van der Waals surface area contributed by atoms with Crippen molar-refractivity contribution in [3.8, 4) is 0 Å². The van der Waals surface area contributed by atoms with Gasteiger partial charge in [-0.05, 0) is 25.4 Å². The van der Waals surface area contributed by atoms with E-state index in [1.165, 1.54) is 18.7 Å². The minimum Gasteiger partial charge on any atom is -0.480 e. The maximum atomic E-state index is 12.1. The van der Waals surface area contributed by atoms with Gasteiger partial charge in [0.15, 0.2) is 6.04 Å². The van der Waals surface area contributed by atoms with Gasteiger partial charge in [0.25, 0.3) is 0 Å². The van der Waals surface area contributed by atoms with Crippen molar-refractivity contribution in [1.82, 2.24) is 10.6 Å². The lowest BCUT2D eigenvalue weighted by molar-refractivity contribution is -0.145. The summed E-state index contributed by atoms with van der Waals surface area (Å²) in [5.41, 5.74) is 5.53. The molecule has 0 aromatic heterocycles. The third kappa shape index (κ3) is 7.34. The molecule has 8 nitrogen and oxygen atoms in total. The molecule has 0 radical (unpaired) electrons. The molecule has 0 unspecified atom stereocenters. The van der Waals surface area contributed by atoms with E-state index in [1.54, 1.807) is 0 Å². The second-order valence-electron chi connectivity index (χ2n) is 4.70. The fourth-order valence-electron chi connectivity index (χ4n) is 1.51. The van der Waals surface area contributed by atoms with Crippen molar-refractivity contribution in [2.45, 2.75) is 37.6 Å². The van der Waals surface area contributed by atoms with E-state index in [0.29, 0.717) is 12.2 Å². The lowest BCUT2D eigenvalue weighted by atomic mass is 10.1. The molecule has 0 bridgehead atoms. The number of rotatable bonds is 10. The average molecular weight is 353 g/mol. The summed E-state index contributed by atoms with van der Waals surface area (Å²) < 4.78 is 0. The Labute approximate surface area is 139 Å². The fraction of sp³-hybridized carbons (Fsp3) is 0.750. The molecular weight excluding hydrogens is 330 g/mol. The average Bonchev–Trinajstić information content (AvgIpc) is 2.46. The van der Waals surface area contributed by atoms with E-state index in [0.717, 1.165) is 0 Å². The Bertz CT molecular complexity index is 395. The number of aliphatic carboxylic acids is 1. The van der Waals surface area contributed by atoms with Crippen molar-refractivity contribution in [3.63, 3.8) is 0 Å². The normalized spacial score (nSPS) is 16.2. The Hall–Kier alpha value is -0.970. The number of nitrogens with two attached hydrogens (primary N) is 1. The van der Waals surface area contributed by atoms with Crippen molar-refractivity contribution >= 4 is 42.2 Å². The lowest BCUT2D eigenvalue weighted by Crippen LogP contribution is -2.56. The first-order chi connectivity index (χ1) is 10.2. The van der Waals surface area contributed by atoms with Crippen LogP contribution in [0.2, 0.25) is 0 Å². The van der Waals surface area contributed by atoms with Gasteiger partial charge in [-0.2, -0.15) is 24.4 Å². The van der Waals surface area contributed by atoms with Crippen LogP contribution in [0.3, 0.4) is 0 Å². The number of carbonyl (C=O) groups is 3. The number of amides is 2. The summed E-state index contributed by atoms with van der Waals surface area (Å²) in [6.45, 7) is 1.26. The molecule has 0 aliphatic heterocycles. The quantitative estimate of drug-likeness (QED) is 0.261. The minimum atomic E-state index is -1.44. The van der Waals surface area contributed by atoms with Crippen LogP contribution in [-0.2, 0) is 14.4 Å². The smallest absolute Gasteiger partial charge is 0.328 e. The zero-order valence-electron chi connectivity index (χ0n) is 12.5. The molecule has 2 amide bonds. The van der Waals surface area contributed by atoms with Gasteiger partial charge in [-0.1, -0.05) is 0 Å². The highest BCUT2D eigenvalue weighted by Crippen LogP contribution is 2.03. The van der Waals surface area contributed by atoms with Gasteiger partial charge in [0.05, 0.1) is 12.1 Å². The molecule has 6 N–H and O–H groups in total. The van der Waals surface area contributed by atoms with Crippen LogP contribution in [0.25, 0.3) is 0 Å². The van der Waals surface area contributed by atoms with Gasteiger partial charge in [0.1, 0.15) is 6.04 Å². The summed E-state index contributed by atoms with van der Waals surface area (Å²) in [4.78, 5) is 34.9. The monoisotopic (exact) mass is 353 g/mol. The van der Waals surface area contributed by atoms with E-state index in [9.17, 15) is 19.5 Å². The molecule has 0 rings (SSSR count). The van der Waals surface area contributed by atoms with Gasteiger partial charge < -0.3 is 26.6 Å². The van der Waals surface area contributed by atoms with E-state index in [-0.39, 0.29) is 5.75 Å². The maximum Gasteiger partial charge on any atom is 0.328 e. The topological polar surface area (TPSA) is 142 Å². The van der Waals surface area contributed by atoms with Gasteiger partial charge in [-0.25, -0.2) is 4.79 Å². The number of thiol groups is 1. The molecule has 0 aliphatic carbocycles. The number of carboxylic acids is 1. The standard InChI is InChI=1S/C12H23N3O5S2/c1-6(16)9(12(19)20)15-11(18)8(3-4-22-2)14-10(17)7(13)5-21/h6-9,16,21H,3-5,13H2,1-2H3,(H,14,17)(H,15,18)(H,19,20)/t6-,7+,8+,9+/m1/s1. The lowest BCUT2D eigenvalue weighted by Gasteiger charge is -2.23.